The topological polar surface area (TPSA) is 96.8 Å². The van der Waals surface area contributed by atoms with Gasteiger partial charge in [-0.2, -0.15) is 0 Å². The number of carbonyl (C=O) groups excluding carboxylic acids is 1. The maximum atomic E-state index is 11.8. The summed E-state index contributed by atoms with van der Waals surface area (Å²) in [6, 6.07) is 7.52. The monoisotopic (exact) mass is 375 g/mol. The predicted octanol–water partition coefficient (Wildman–Crippen LogP) is 2.80. The Morgan fingerprint density at radius 3 is 2.79 bits per heavy atom. The van der Waals surface area contributed by atoms with Crippen LogP contribution in [-0.4, -0.2) is 48.8 Å². The maximum absolute atomic E-state index is 11.8. The number of anilines is 2. The van der Waals surface area contributed by atoms with E-state index in [1.54, 1.807) is 25.5 Å². The van der Waals surface area contributed by atoms with E-state index in [1.807, 2.05) is 29.2 Å². The first-order valence-electron chi connectivity index (χ1n) is 9.27. The molecule has 8 heteroatoms. The highest BCUT2D eigenvalue weighted by atomic mass is 16.2. The van der Waals surface area contributed by atoms with Crippen molar-refractivity contribution < 1.29 is 4.79 Å². The van der Waals surface area contributed by atoms with Crippen molar-refractivity contribution in [3.8, 4) is 11.3 Å². The minimum atomic E-state index is 0.0872. The van der Waals surface area contributed by atoms with E-state index >= 15 is 0 Å². The summed E-state index contributed by atoms with van der Waals surface area (Å²) in [5.74, 6) is 2.25. The first kappa shape index (κ1) is 18.0. The average molecular weight is 375 g/mol. The van der Waals surface area contributed by atoms with Crippen LogP contribution >= 0.6 is 0 Å². The van der Waals surface area contributed by atoms with Crippen molar-refractivity contribution in [1.29, 1.82) is 0 Å². The van der Waals surface area contributed by atoms with Crippen LogP contribution in [-0.2, 0) is 4.79 Å². The molecule has 142 valence electrons. The lowest BCUT2D eigenvalue weighted by molar-refractivity contribution is -0.130. The molecule has 4 rings (SSSR count). The van der Waals surface area contributed by atoms with Crippen LogP contribution < -0.4 is 5.32 Å². The van der Waals surface area contributed by atoms with Crippen LogP contribution in [0.2, 0.25) is 0 Å². The fraction of sp³-hybridized carbons (Fsp3) is 0.300. The number of hydrogen-bond donors (Lipinski definition) is 1. The lowest BCUT2D eigenvalue weighted by atomic mass is 9.97. The first-order valence-corrected chi connectivity index (χ1v) is 9.27. The normalized spacial score (nSPS) is 16.6. The van der Waals surface area contributed by atoms with E-state index in [0.717, 1.165) is 30.6 Å². The zero-order valence-electron chi connectivity index (χ0n) is 15.6. The van der Waals surface area contributed by atoms with Crippen molar-refractivity contribution in [1.82, 2.24) is 29.8 Å². The first-order chi connectivity index (χ1) is 13.7. The quantitative estimate of drug-likeness (QED) is 0.749. The number of nitrogens with zero attached hydrogens (tertiary/aromatic N) is 6. The number of pyridine rings is 1. The smallest absolute Gasteiger partial charge is 0.219 e. The van der Waals surface area contributed by atoms with Crippen molar-refractivity contribution in [2.45, 2.75) is 25.7 Å². The lowest BCUT2D eigenvalue weighted by Gasteiger charge is -2.31. The molecule has 3 aromatic heterocycles. The number of aromatic nitrogens is 5. The fourth-order valence-corrected chi connectivity index (χ4v) is 3.33. The van der Waals surface area contributed by atoms with Gasteiger partial charge in [-0.1, -0.05) is 6.07 Å². The Kier molecular flexibility index (Phi) is 5.18. The summed E-state index contributed by atoms with van der Waals surface area (Å²) in [7, 11) is 0. The summed E-state index contributed by atoms with van der Waals surface area (Å²) in [5, 5.41) is 3.24. The number of carbonyl (C=O) groups is 1. The molecule has 0 bridgehead atoms. The highest BCUT2D eigenvalue weighted by Crippen LogP contribution is 2.28. The van der Waals surface area contributed by atoms with Crippen molar-refractivity contribution in [3.63, 3.8) is 0 Å². The van der Waals surface area contributed by atoms with Gasteiger partial charge in [-0.3, -0.25) is 4.79 Å². The molecule has 4 heterocycles. The van der Waals surface area contributed by atoms with Crippen LogP contribution in [0.25, 0.3) is 11.3 Å². The molecule has 1 atom stereocenters. The average Bonchev–Trinajstić information content (AvgIpc) is 2.75. The minimum absolute atomic E-state index is 0.0872. The van der Waals surface area contributed by atoms with Gasteiger partial charge in [0.05, 0.1) is 5.69 Å². The summed E-state index contributed by atoms with van der Waals surface area (Å²) >= 11 is 0. The van der Waals surface area contributed by atoms with Crippen molar-refractivity contribution in [2.24, 2.45) is 0 Å². The number of amides is 1. The second-order valence-corrected chi connectivity index (χ2v) is 6.77. The summed E-state index contributed by atoms with van der Waals surface area (Å²) < 4.78 is 0. The Morgan fingerprint density at radius 2 is 2.04 bits per heavy atom. The fourth-order valence-electron chi connectivity index (χ4n) is 3.33. The third-order valence-corrected chi connectivity index (χ3v) is 4.75. The molecule has 8 nitrogen and oxygen atoms in total. The molecule has 1 unspecified atom stereocenters. The number of hydrogen-bond acceptors (Lipinski definition) is 7. The van der Waals surface area contributed by atoms with Gasteiger partial charge in [-0.05, 0) is 25.0 Å². The van der Waals surface area contributed by atoms with E-state index in [2.05, 4.69) is 20.3 Å². The van der Waals surface area contributed by atoms with Crippen molar-refractivity contribution >= 4 is 17.5 Å². The Morgan fingerprint density at radius 1 is 1.18 bits per heavy atom. The standard InChI is InChI=1S/C20H21N7O/c1-14(28)27-8-4-5-15(12-27)20-24-17(16-10-21-13-22-11-16)9-19(26-20)25-18-6-2-3-7-23-18/h2-3,6-7,9-11,13,15H,4-5,8,12H2,1H3,(H,23,24,25,26). The van der Waals surface area contributed by atoms with Gasteiger partial charge in [-0.15, -0.1) is 0 Å². The number of rotatable bonds is 4. The Hall–Kier alpha value is -3.42. The van der Waals surface area contributed by atoms with Crippen LogP contribution in [0, 0.1) is 0 Å². The summed E-state index contributed by atoms with van der Waals surface area (Å²) in [6.45, 7) is 3.03. The van der Waals surface area contributed by atoms with Gasteiger partial charge in [0.25, 0.3) is 0 Å². The molecule has 1 saturated heterocycles. The summed E-state index contributed by atoms with van der Waals surface area (Å²) in [4.78, 5) is 35.7. The summed E-state index contributed by atoms with van der Waals surface area (Å²) in [6.07, 6.45) is 8.56. The van der Waals surface area contributed by atoms with E-state index < -0.39 is 0 Å². The van der Waals surface area contributed by atoms with Gasteiger partial charge >= 0.3 is 0 Å². The molecule has 28 heavy (non-hydrogen) atoms. The van der Waals surface area contributed by atoms with E-state index in [1.165, 1.54) is 6.33 Å². The lowest BCUT2D eigenvalue weighted by Crippen LogP contribution is -2.38. The molecule has 1 N–H and O–H groups in total. The van der Waals surface area contributed by atoms with Crippen molar-refractivity contribution in [2.75, 3.05) is 18.4 Å². The summed E-state index contributed by atoms with van der Waals surface area (Å²) in [5.41, 5.74) is 1.55. The van der Waals surface area contributed by atoms with Crippen LogP contribution in [0.3, 0.4) is 0 Å². The Bertz CT molecular complexity index is 949. The Labute approximate surface area is 163 Å². The molecule has 0 spiro atoms. The van der Waals surface area contributed by atoms with Gasteiger partial charge in [0.1, 0.15) is 23.8 Å². The van der Waals surface area contributed by atoms with Crippen LogP contribution in [0.15, 0.2) is 49.2 Å². The van der Waals surface area contributed by atoms with Crippen molar-refractivity contribution in [3.05, 3.63) is 55.0 Å². The second kappa shape index (κ2) is 8.08. The predicted molar refractivity (Wildman–Crippen MR) is 105 cm³/mol. The van der Waals surface area contributed by atoms with Gasteiger partial charge in [0.2, 0.25) is 5.91 Å². The highest BCUT2D eigenvalue weighted by Gasteiger charge is 2.25. The SMILES string of the molecule is CC(=O)N1CCCC(c2nc(Nc3ccccn3)cc(-c3cncnc3)n2)C1. The molecule has 0 radical (unpaired) electrons. The number of likely N-dealkylation sites (tertiary alicyclic amines) is 1. The molecule has 1 aliphatic heterocycles. The van der Waals surface area contributed by atoms with Crippen LogP contribution in [0.5, 0.6) is 0 Å². The third kappa shape index (κ3) is 4.11. The maximum Gasteiger partial charge on any atom is 0.219 e. The molecular formula is C20H21N7O. The van der Waals surface area contributed by atoms with Gasteiger partial charge < -0.3 is 10.2 Å². The van der Waals surface area contributed by atoms with Gasteiger partial charge in [0.15, 0.2) is 0 Å². The largest absolute Gasteiger partial charge is 0.342 e. The molecule has 1 fully saturated rings. The van der Waals surface area contributed by atoms with Gasteiger partial charge in [-0.25, -0.2) is 24.9 Å². The zero-order valence-corrected chi connectivity index (χ0v) is 15.6. The minimum Gasteiger partial charge on any atom is -0.342 e. The molecule has 0 saturated carbocycles. The van der Waals surface area contributed by atoms with Gasteiger partial charge in [0, 0.05) is 56.2 Å². The van der Waals surface area contributed by atoms with E-state index in [0.29, 0.717) is 24.0 Å². The highest BCUT2D eigenvalue weighted by molar-refractivity contribution is 5.73. The van der Waals surface area contributed by atoms with E-state index in [-0.39, 0.29) is 11.8 Å². The zero-order chi connectivity index (χ0) is 19.3. The Balaban J connectivity index is 1.70. The number of piperidine rings is 1. The van der Waals surface area contributed by atoms with E-state index in [4.69, 9.17) is 9.97 Å². The molecule has 0 aromatic carbocycles. The molecule has 3 aromatic rings. The van der Waals surface area contributed by atoms with Crippen LogP contribution in [0.4, 0.5) is 11.6 Å². The van der Waals surface area contributed by atoms with E-state index in [9.17, 15) is 4.79 Å². The molecular weight excluding hydrogens is 354 g/mol. The molecule has 0 aliphatic carbocycles. The molecule has 1 aliphatic rings. The van der Waals surface area contributed by atoms with Crippen LogP contribution in [0.1, 0.15) is 31.5 Å². The third-order valence-electron chi connectivity index (χ3n) is 4.75. The molecule has 1 amide bonds. The number of nitrogens with one attached hydrogen (secondary N) is 1. The second-order valence-electron chi connectivity index (χ2n) is 6.77.